The second kappa shape index (κ2) is 6.04. The van der Waals surface area contributed by atoms with Crippen LogP contribution in [-0.2, 0) is 4.79 Å². The molecule has 1 N–H and O–H groups in total. The van der Waals surface area contributed by atoms with Gasteiger partial charge in [-0.3, -0.25) is 4.79 Å². The molecule has 0 bridgehead atoms. The van der Waals surface area contributed by atoms with Gasteiger partial charge in [-0.05, 0) is 44.0 Å². The lowest BCUT2D eigenvalue weighted by Crippen LogP contribution is -2.34. The number of amides is 1. The minimum absolute atomic E-state index is 0.0488. The molecule has 1 unspecified atom stereocenters. The minimum atomic E-state index is 0.0488. The molecular weight excluding hydrogens is 264 g/mol. The van der Waals surface area contributed by atoms with E-state index in [2.05, 4.69) is 4.98 Å². The number of aromatic amines is 1. The molecule has 1 aliphatic heterocycles. The number of aromatic nitrogens is 1. The van der Waals surface area contributed by atoms with Crippen LogP contribution in [0.15, 0.2) is 42.6 Å². The molecule has 21 heavy (non-hydrogen) atoms. The average Bonchev–Trinajstić information content (AvgIpc) is 3.16. The zero-order chi connectivity index (χ0) is 14.7. The number of hydrogen-bond donors (Lipinski definition) is 1. The van der Waals surface area contributed by atoms with Gasteiger partial charge in [0.05, 0.1) is 6.04 Å². The van der Waals surface area contributed by atoms with Crippen LogP contribution < -0.4 is 4.74 Å². The van der Waals surface area contributed by atoms with Gasteiger partial charge in [0.25, 0.3) is 5.91 Å². The molecule has 1 atom stereocenters. The summed E-state index contributed by atoms with van der Waals surface area (Å²) in [5, 5.41) is 0. The highest BCUT2D eigenvalue weighted by Crippen LogP contribution is 2.30. The highest BCUT2D eigenvalue weighted by molar-refractivity contribution is 5.78. The highest BCUT2D eigenvalue weighted by Gasteiger charge is 2.30. The Morgan fingerprint density at radius 3 is 2.86 bits per heavy atom. The summed E-state index contributed by atoms with van der Waals surface area (Å²) in [7, 11) is 0. The van der Waals surface area contributed by atoms with Crippen molar-refractivity contribution >= 4 is 5.91 Å². The van der Waals surface area contributed by atoms with Crippen molar-refractivity contribution in [2.45, 2.75) is 25.8 Å². The first-order chi connectivity index (χ1) is 10.2. The Labute approximate surface area is 124 Å². The number of ether oxygens (including phenoxy) is 1. The Bertz CT molecular complexity index is 590. The van der Waals surface area contributed by atoms with Crippen molar-refractivity contribution in [3.8, 4) is 5.75 Å². The SMILES string of the molecule is Cc1ccc(OCC(=O)N2CCCC2c2ccc[nH]2)cc1. The predicted octanol–water partition coefficient (Wildman–Crippen LogP) is 3.07. The van der Waals surface area contributed by atoms with Gasteiger partial charge in [0.1, 0.15) is 5.75 Å². The van der Waals surface area contributed by atoms with Crippen LogP contribution in [0, 0.1) is 6.92 Å². The van der Waals surface area contributed by atoms with Crippen molar-refractivity contribution in [1.29, 1.82) is 0 Å². The molecule has 0 radical (unpaired) electrons. The van der Waals surface area contributed by atoms with Crippen molar-refractivity contribution < 1.29 is 9.53 Å². The second-order valence-electron chi connectivity index (χ2n) is 5.47. The average molecular weight is 284 g/mol. The monoisotopic (exact) mass is 284 g/mol. The third-order valence-corrected chi connectivity index (χ3v) is 3.94. The maximum absolute atomic E-state index is 12.4. The molecule has 1 amide bonds. The summed E-state index contributed by atoms with van der Waals surface area (Å²) >= 11 is 0. The first kappa shape index (κ1) is 13.7. The van der Waals surface area contributed by atoms with E-state index in [-0.39, 0.29) is 18.6 Å². The van der Waals surface area contributed by atoms with Crippen LogP contribution >= 0.6 is 0 Å². The van der Waals surface area contributed by atoms with Crippen LogP contribution in [-0.4, -0.2) is 28.9 Å². The minimum Gasteiger partial charge on any atom is -0.484 e. The summed E-state index contributed by atoms with van der Waals surface area (Å²) < 4.78 is 5.60. The van der Waals surface area contributed by atoms with E-state index in [9.17, 15) is 4.79 Å². The Kier molecular flexibility index (Phi) is 3.95. The summed E-state index contributed by atoms with van der Waals surface area (Å²) in [5.74, 6) is 0.789. The van der Waals surface area contributed by atoms with Gasteiger partial charge >= 0.3 is 0 Å². The topological polar surface area (TPSA) is 45.3 Å². The molecule has 1 aromatic heterocycles. The van der Waals surface area contributed by atoms with Gasteiger partial charge in [0.2, 0.25) is 0 Å². The van der Waals surface area contributed by atoms with Crippen molar-refractivity contribution in [3.05, 3.63) is 53.9 Å². The van der Waals surface area contributed by atoms with Crippen LogP contribution in [0.1, 0.15) is 30.1 Å². The third kappa shape index (κ3) is 3.10. The Morgan fingerprint density at radius 1 is 1.33 bits per heavy atom. The number of aryl methyl sites for hydroxylation is 1. The number of carbonyl (C=O) groups is 1. The lowest BCUT2D eigenvalue weighted by molar-refractivity contribution is -0.134. The molecule has 110 valence electrons. The summed E-state index contributed by atoms with van der Waals surface area (Å²) in [4.78, 5) is 17.5. The molecule has 4 nitrogen and oxygen atoms in total. The molecule has 0 saturated carbocycles. The van der Waals surface area contributed by atoms with E-state index >= 15 is 0 Å². The summed E-state index contributed by atoms with van der Waals surface area (Å²) in [5.41, 5.74) is 2.29. The van der Waals surface area contributed by atoms with Gasteiger partial charge in [-0.25, -0.2) is 0 Å². The standard InChI is InChI=1S/C17H20N2O2/c1-13-6-8-14(9-7-13)21-12-17(20)19-11-3-5-16(19)15-4-2-10-18-15/h2,4,6-10,16,18H,3,5,11-12H2,1H3. The van der Waals surface area contributed by atoms with Gasteiger partial charge in [-0.2, -0.15) is 0 Å². The van der Waals surface area contributed by atoms with Gasteiger partial charge < -0.3 is 14.6 Å². The van der Waals surface area contributed by atoms with Crippen LogP contribution in [0.2, 0.25) is 0 Å². The van der Waals surface area contributed by atoms with E-state index in [4.69, 9.17) is 4.74 Å². The van der Waals surface area contributed by atoms with E-state index < -0.39 is 0 Å². The van der Waals surface area contributed by atoms with Crippen LogP contribution in [0.25, 0.3) is 0 Å². The summed E-state index contributed by atoms with van der Waals surface area (Å²) in [6.07, 6.45) is 3.95. The number of likely N-dealkylation sites (tertiary alicyclic amines) is 1. The Hall–Kier alpha value is -2.23. The molecule has 0 spiro atoms. The molecule has 1 aromatic carbocycles. The molecule has 2 aromatic rings. The van der Waals surface area contributed by atoms with E-state index in [1.54, 1.807) is 0 Å². The summed E-state index contributed by atoms with van der Waals surface area (Å²) in [6.45, 7) is 2.93. The molecular formula is C17H20N2O2. The zero-order valence-electron chi connectivity index (χ0n) is 12.2. The van der Waals surface area contributed by atoms with E-state index in [0.717, 1.165) is 30.8 Å². The quantitative estimate of drug-likeness (QED) is 0.938. The molecule has 1 fully saturated rings. The maximum atomic E-state index is 12.4. The van der Waals surface area contributed by atoms with E-state index in [1.807, 2.05) is 54.4 Å². The second-order valence-corrected chi connectivity index (χ2v) is 5.47. The molecule has 2 heterocycles. The van der Waals surface area contributed by atoms with Gasteiger partial charge in [0, 0.05) is 18.4 Å². The zero-order valence-corrected chi connectivity index (χ0v) is 12.2. The van der Waals surface area contributed by atoms with Gasteiger partial charge in [-0.1, -0.05) is 17.7 Å². The summed E-state index contributed by atoms with van der Waals surface area (Å²) in [6, 6.07) is 11.9. The molecule has 1 saturated heterocycles. The number of benzene rings is 1. The fourth-order valence-corrected chi connectivity index (χ4v) is 2.80. The van der Waals surface area contributed by atoms with Crippen molar-refractivity contribution in [3.63, 3.8) is 0 Å². The van der Waals surface area contributed by atoms with Crippen molar-refractivity contribution in [2.75, 3.05) is 13.2 Å². The van der Waals surface area contributed by atoms with Crippen molar-refractivity contribution in [1.82, 2.24) is 9.88 Å². The lowest BCUT2D eigenvalue weighted by Gasteiger charge is -2.24. The van der Waals surface area contributed by atoms with Crippen LogP contribution in [0.5, 0.6) is 5.75 Å². The molecule has 0 aliphatic carbocycles. The van der Waals surface area contributed by atoms with Crippen LogP contribution in [0.3, 0.4) is 0 Å². The van der Waals surface area contributed by atoms with Crippen molar-refractivity contribution in [2.24, 2.45) is 0 Å². The van der Waals surface area contributed by atoms with E-state index in [1.165, 1.54) is 5.56 Å². The molecule has 1 aliphatic rings. The maximum Gasteiger partial charge on any atom is 0.261 e. The molecule has 3 rings (SSSR count). The fourth-order valence-electron chi connectivity index (χ4n) is 2.80. The largest absolute Gasteiger partial charge is 0.484 e. The number of carbonyl (C=O) groups excluding carboxylic acids is 1. The first-order valence-corrected chi connectivity index (χ1v) is 7.36. The van der Waals surface area contributed by atoms with Gasteiger partial charge in [-0.15, -0.1) is 0 Å². The predicted molar refractivity (Wildman–Crippen MR) is 81.2 cm³/mol. The number of nitrogens with one attached hydrogen (secondary N) is 1. The smallest absolute Gasteiger partial charge is 0.261 e. The third-order valence-electron chi connectivity index (χ3n) is 3.94. The lowest BCUT2D eigenvalue weighted by atomic mass is 10.1. The number of nitrogens with zero attached hydrogens (tertiary/aromatic N) is 1. The first-order valence-electron chi connectivity index (χ1n) is 7.36. The normalized spacial score (nSPS) is 18.0. The Morgan fingerprint density at radius 2 is 2.14 bits per heavy atom. The number of H-pyrrole nitrogens is 1. The number of hydrogen-bond acceptors (Lipinski definition) is 2. The Balaban J connectivity index is 1.61. The molecule has 4 heteroatoms. The van der Waals surface area contributed by atoms with E-state index in [0.29, 0.717) is 0 Å². The number of rotatable bonds is 4. The van der Waals surface area contributed by atoms with Crippen LogP contribution in [0.4, 0.5) is 0 Å². The fraction of sp³-hybridized carbons (Fsp3) is 0.353. The highest BCUT2D eigenvalue weighted by atomic mass is 16.5. The van der Waals surface area contributed by atoms with Gasteiger partial charge in [0.15, 0.2) is 6.61 Å².